The van der Waals surface area contributed by atoms with Gasteiger partial charge in [-0.15, -0.1) is 0 Å². The van der Waals surface area contributed by atoms with Crippen LogP contribution in [0.4, 0.5) is 0 Å². The number of hydrogen-bond acceptors (Lipinski definition) is 3. The summed E-state index contributed by atoms with van der Waals surface area (Å²) in [4.78, 5) is 0. The van der Waals surface area contributed by atoms with Gasteiger partial charge in [0.05, 0.1) is 18.8 Å². The Morgan fingerprint density at radius 3 is 2.19 bits per heavy atom. The number of rotatable bonds is 15. The van der Waals surface area contributed by atoms with E-state index in [-0.39, 0.29) is 23.5 Å². The maximum absolute atomic E-state index is 6.92. The molecule has 1 heterocycles. The van der Waals surface area contributed by atoms with Crippen LogP contribution in [-0.4, -0.2) is 26.8 Å². The molecule has 1 aromatic carbocycles. The zero-order valence-electron chi connectivity index (χ0n) is 21.8. The monoisotopic (exact) mass is 462 g/mol. The van der Waals surface area contributed by atoms with Crippen LogP contribution in [0, 0.1) is 0 Å². The van der Waals surface area contributed by atoms with Gasteiger partial charge in [0.1, 0.15) is 0 Å². The maximum Gasteiger partial charge on any atom is 0.192 e. The summed E-state index contributed by atoms with van der Waals surface area (Å²) in [5, 5.41) is 0.215. The minimum atomic E-state index is -1.84. The Kier molecular flexibility index (Phi) is 12.0. The summed E-state index contributed by atoms with van der Waals surface area (Å²) < 4.78 is 19.4. The molecule has 0 aromatic heterocycles. The third kappa shape index (κ3) is 9.67. The average molecular weight is 463 g/mol. The maximum atomic E-state index is 6.92. The molecule has 1 aliphatic heterocycles. The third-order valence-electron chi connectivity index (χ3n) is 7.30. The van der Waals surface area contributed by atoms with E-state index < -0.39 is 8.32 Å². The van der Waals surface area contributed by atoms with Crippen molar-refractivity contribution in [1.29, 1.82) is 0 Å². The molecule has 0 spiro atoms. The molecule has 184 valence electrons. The second kappa shape index (κ2) is 13.9. The Balaban J connectivity index is 1.84. The highest BCUT2D eigenvalue weighted by Crippen LogP contribution is 2.39. The lowest BCUT2D eigenvalue weighted by Crippen LogP contribution is -2.47. The Morgan fingerprint density at radius 2 is 1.56 bits per heavy atom. The van der Waals surface area contributed by atoms with Crippen molar-refractivity contribution in [3.05, 3.63) is 35.9 Å². The first kappa shape index (κ1) is 27.6. The predicted molar refractivity (Wildman–Crippen MR) is 138 cm³/mol. The summed E-state index contributed by atoms with van der Waals surface area (Å²) in [6, 6.07) is 10.4. The number of unbranched alkanes of at least 4 members (excludes halogenated alkanes) is 7. The normalized spacial score (nSPS) is 20.6. The molecule has 0 radical (unpaired) electrons. The SMILES string of the molecule is CCCCCCCCCC[C@@H](O[Si](C)(C)C(C)(C)C)[C@H]1CC[C@H](OCc2ccccc2)O1. The summed E-state index contributed by atoms with van der Waals surface area (Å²) in [6.07, 6.45) is 14.1. The van der Waals surface area contributed by atoms with Crippen LogP contribution in [-0.2, 0) is 20.5 Å². The fourth-order valence-corrected chi connectivity index (χ4v) is 5.53. The van der Waals surface area contributed by atoms with Gasteiger partial charge in [0.2, 0.25) is 0 Å². The minimum Gasteiger partial charge on any atom is -0.411 e. The second-order valence-electron chi connectivity index (χ2n) is 11.2. The van der Waals surface area contributed by atoms with Gasteiger partial charge in [-0.25, -0.2) is 0 Å². The lowest BCUT2D eigenvalue weighted by atomic mass is 10.0. The molecule has 0 aliphatic carbocycles. The molecular weight excluding hydrogens is 412 g/mol. The van der Waals surface area contributed by atoms with E-state index in [0.717, 1.165) is 19.3 Å². The molecule has 3 atom stereocenters. The highest BCUT2D eigenvalue weighted by atomic mass is 28.4. The molecule has 4 heteroatoms. The van der Waals surface area contributed by atoms with Gasteiger partial charge in [0.15, 0.2) is 14.6 Å². The average Bonchev–Trinajstić information content (AvgIpc) is 3.22. The second-order valence-corrected chi connectivity index (χ2v) is 15.9. The molecule has 0 saturated carbocycles. The summed E-state index contributed by atoms with van der Waals surface area (Å²) >= 11 is 0. The predicted octanol–water partition coefficient (Wildman–Crippen LogP) is 8.63. The first-order valence-corrected chi connectivity index (χ1v) is 16.1. The van der Waals surface area contributed by atoms with Crippen LogP contribution in [0.3, 0.4) is 0 Å². The largest absolute Gasteiger partial charge is 0.411 e. The van der Waals surface area contributed by atoms with Crippen molar-refractivity contribution < 1.29 is 13.9 Å². The van der Waals surface area contributed by atoms with Crippen LogP contribution >= 0.6 is 0 Å². The van der Waals surface area contributed by atoms with Gasteiger partial charge >= 0.3 is 0 Å². The number of ether oxygens (including phenoxy) is 2. The molecule has 0 N–H and O–H groups in total. The van der Waals surface area contributed by atoms with Crippen molar-refractivity contribution in [3.8, 4) is 0 Å². The van der Waals surface area contributed by atoms with Gasteiger partial charge in [0.25, 0.3) is 0 Å². The number of hydrogen-bond donors (Lipinski definition) is 0. The van der Waals surface area contributed by atoms with Crippen LogP contribution in [0.25, 0.3) is 0 Å². The Morgan fingerprint density at radius 1 is 0.938 bits per heavy atom. The fraction of sp³-hybridized carbons (Fsp3) is 0.786. The lowest BCUT2D eigenvalue weighted by Gasteiger charge is -2.40. The molecule has 1 aliphatic rings. The van der Waals surface area contributed by atoms with Gasteiger partial charge in [-0.05, 0) is 36.5 Å². The highest BCUT2D eigenvalue weighted by molar-refractivity contribution is 6.74. The fourth-order valence-electron chi connectivity index (χ4n) is 4.15. The van der Waals surface area contributed by atoms with Crippen molar-refractivity contribution in [3.63, 3.8) is 0 Å². The first-order chi connectivity index (χ1) is 15.2. The molecule has 3 nitrogen and oxygen atoms in total. The Hall–Kier alpha value is -0.683. The van der Waals surface area contributed by atoms with E-state index in [0.29, 0.717) is 6.61 Å². The third-order valence-corrected chi connectivity index (χ3v) is 11.8. The van der Waals surface area contributed by atoms with Crippen LogP contribution in [0.15, 0.2) is 30.3 Å². The summed E-state index contributed by atoms with van der Waals surface area (Å²) in [6.45, 7) is 14.6. The molecule has 0 bridgehead atoms. The van der Waals surface area contributed by atoms with E-state index >= 15 is 0 Å². The molecule has 0 unspecified atom stereocenters. The van der Waals surface area contributed by atoms with Crippen molar-refractivity contribution >= 4 is 8.32 Å². The van der Waals surface area contributed by atoms with Crippen molar-refractivity contribution in [2.24, 2.45) is 0 Å². The van der Waals surface area contributed by atoms with Crippen molar-refractivity contribution in [1.82, 2.24) is 0 Å². The van der Waals surface area contributed by atoms with E-state index in [2.05, 4.69) is 65.1 Å². The van der Waals surface area contributed by atoms with E-state index in [1.54, 1.807) is 0 Å². The first-order valence-electron chi connectivity index (χ1n) is 13.2. The van der Waals surface area contributed by atoms with Gasteiger partial charge < -0.3 is 13.9 Å². The Labute approximate surface area is 199 Å². The Bertz CT molecular complexity index is 611. The molecule has 2 rings (SSSR count). The minimum absolute atomic E-state index is 0.107. The highest BCUT2D eigenvalue weighted by Gasteiger charge is 2.42. The summed E-state index contributed by atoms with van der Waals surface area (Å²) in [5.74, 6) is 0. The molecule has 32 heavy (non-hydrogen) atoms. The summed E-state index contributed by atoms with van der Waals surface area (Å²) in [5.41, 5.74) is 1.20. The lowest BCUT2D eigenvalue weighted by molar-refractivity contribution is -0.158. The van der Waals surface area contributed by atoms with E-state index in [4.69, 9.17) is 13.9 Å². The van der Waals surface area contributed by atoms with Gasteiger partial charge in [0, 0.05) is 6.42 Å². The molecule has 1 saturated heterocycles. The van der Waals surface area contributed by atoms with Crippen molar-refractivity contribution in [2.45, 2.75) is 142 Å². The zero-order chi connectivity index (χ0) is 23.5. The summed E-state index contributed by atoms with van der Waals surface area (Å²) in [7, 11) is -1.84. The van der Waals surface area contributed by atoms with Crippen LogP contribution < -0.4 is 0 Å². The van der Waals surface area contributed by atoms with E-state index in [9.17, 15) is 0 Å². The van der Waals surface area contributed by atoms with E-state index in [1.807, 2.05) is 6.07 Å². The molecular formula is C28H50O3Si. The van der Waals surface area contributed by atoms with Crippen LogP contribution in [0.1, 0.15) is 104 Å². The molecule has 1 aromatic rings. The molecule has 0 amide bonds. The van der Waals surface area contributed by atoms with Gasteiger partial charge in [-0.3, -0.25) is 0 Å². The molecule has 1 fully saturated rings. The standard InChI is InChI=1S/C28H50O3Si/c1-7-8-9-10-11-12-13-17-20-26(31-32(5,6)28(2,3)4)25-21-22-27(30-25)29-23-24-18-15-14-16-19-24/h14-16,18-19,25-27H,7-13,17,20-23H2,1-6H3/t25-,26-,27-/m1/s1. The van der Waals surface area contributed by atoms with Gasteiger partial charge in [-0.2, -0.15) is 0 Å². The van der Waals surface area contributed by atoms with Crippen molar-refractivity contribution in [2.75, 3.05) is 0 Å². The quantitative estimate of drug-likeness (QED) is 0.193. The number of benzene rings is 1. The van der Waals surface area contributed by atoms with Crippen LogP contribution in [0.2, 0.25) is 18.1 Å². The van der Waals surface area contributed by atoms with Crippen LogP contribution in [0.5, 0.6) is 0 Å². The smallest absolute Gasteiger partial charge is 0.192 e. The van der Waals surface area contributed by atoms with Gasteiger partial charge in [-0.1, -0.05) is 109 Å². The van der Waals surface area contributed by atoms with E-state index in [1.165, 1.54) is 56.9 Å². The topological polar surface area (TPSA) is 27.7 Å². The zero-order valence-corrected chi connectivity index (χ0v) is 22.8.